The normalized spacial score (nSPS) is 17.9. The Hall–Kier alpha value is -1.51. The topological polar surface area (TPSA) is 72.9 Å². The number of carbonyl (C=O) groups is 2. The van der Waals surface area contributed by atoms with Gasteiger partial charge >= 0.3 is 18.2 Å². The number of hydrogen-bond donors (Lipinski definition) is 2. The van der Waals surface area contributed by atoms with E-state index in [4.69, 9.17) is 5.11 Å². The molecule has 1 fully saturated rings. The highest BCUT2D eigenvalue weighted by molar-refractivity contribution is 5.74. The molecule has 1 aliphatic rings. The molecule has 1 heterocycles. The molecule has 0 atom stereocenters. The number of carbonyl (C=O) groups excluding carboxylic acids is 1. The average molecular weight is 283 g/mol. The second kappa shape index (κ2) is 6.60. The van der Waals surface area contributed by atoms with Crippen molar-refractivity contribution in [1.82, 2.24) is 15.1 Å². The number of rotatable bonds is 3. The van der Waals surface area contributed by atoms with E-state index in [1.54, 1.807) is 10.2 Å². The fourth-order valence-corrected chi connectivity index (χ4v) is 1.81. The molecule has 0 aromatic heterocycles. The Bertz CT molecular complexity index is 336. The number of aliphatic carboxylic acids is 1. The lowest BCUT2D eigenvalue weighted by atomic mass is 10.4. The van der Waals surface area contributed by atoms with Gasteiger partial charge in [0.15, 0.2) is 0 Å². The molecule has 0 saturated carbocycles. The largest absolute Gasteiger partial charge is 0.480 e. The first-order valence-corrected chi connectivity index (χ1v) is 5.81. The van der Waals surface area contributed by atoms with Crippen LogP contribution >= 0.6 is 0 Å². The molecule has 19 heavy (non-hydrogen) atoms. The molecule has 0 aromatic rings. The van der Waals surface area contributed by atoms with Gasteiger partial charge in [-0.25, -0.2) is 4.79 Å². The van der Waals surface area contributed by atoms with E-state index in [2.05, 4.69) is 0 Å². The number of amides is 2. The van der Waals surface area contributed by atoms with Crippen LogP contribution in [0.15, 0.2) is 0 Å². The Morgan fingerprint density at radius 2 is 1.84 bits per heavy atom. The van der Waals surface area contributed by atoms with E-state index in [9.17, 15) is 22.8 Å². The van der Waals surface area contributed by atoms with Crippen LogP contribution in [-0.2, 0) is 4.79 Å². The lowest BCUT2D eigenvalue weighted by Gasteiger charge is -2.22. The summed E-state index contributed by atoms with van der Waals surface area (Å²) < 4.78 is 35.9. The Kier molecular flexibility index (Phi) is 5.40. The monoisotopic (exact) mass is 283 g/mol. The van der Waals surface area contributed by atoms with E-state index in [1.165, 1.54) is 4.90 Å². The first kappa shape index (κ1) is 15.5. The molecule has 0 spiro atoms. The lowest BCUT2D eigenvalue weighted by molar-refractivity contribution is -0.138. The predicted molar refractivity (Wildman–Crippen MR) is 59.7 cm³/mol. The zero-order valence-corrected chi connectivity index (χ0v) is 10.2. The second-order valence-electron chi connectivity index (χ2n) is 4.28. The summed E-state index contributed by atoms with van der Waals surface area (Å²) in [5.74, 6) is -0.963. The number of carboxylic acids is 1. The second-order valence-corrected chi connectivity index (χ2v) is 4.28. The van der Waals surface area contributed by atoms with Crippen molar-refractivity contribution >= 4 is 12.0 Å². The Morgan fingerprint density at radius 3 is 2.42 bits per heavy atom. The van der Waals surface area contributed by atoms with Crippen molar-refractivity contribution in [3.05, 3.63) is 0 Å². The van der Waals surface area contributed by atoms with Crippen LogP contribution in [0.4, 0.5) is 18.0 Å². The summed E-state index contributed by atoms with van der Waals surface area (Å²) in [7, 11) is 0. The Labute approximate surface area is 108 Å². The van der Waals surface area contributed by atoms with Crippen molar-refractivity contribution in [2.45, 2.75) is 12.6 Å². The molecule has 1 aliphatic heterocycles. The summed E-state index contributed by atoms with van der Waals surface area (Å²) >= 11 is 0. The molecule has 0 unspecified atom stereocenters. The molecule has 0 radical (unpaired) electrons. The molecular formula is C10H16F3N3O3. The third-order valence-corrected chi connectivity index (χ3v) is 2.67. The van der Waals surface area contributed by atoms with E-state index >= 15 is 0 Å². The van der Waals surface area contributed by atoms with Gasteiger partial charge in [0, 0.05) is 26.2 Å². The van der Waals surface area contributed by atoms with Crippen molar-refractivity contribution in [2.75, 3.05) is 39.3 Å². The zero-order valence-electron chi connectivity index (χ0n) is 10.2. The van der Waals surface area contributed by atoms with Crippen LogP contribution in [0.3, 0.4) is 0 Å². The van der Waals surface area contributed by atoms with Crippen LogP contribution in [0.1, 0.15) is 6.42 Å². The number of nitrogens with zero attached hydrogens (tertiary/aromatic N) is 2. The van der Waals surface area contributed by atoms with Gasteiger partial charge in [0.1, 0.15) is 6.54 Å². The van der Waals surface area contributed by atoms with Gasteiger partial charge in [-0.05, 0) is 6.42 Å². The first-order chi connectivity index (χ1) is 8.78. The standard InChI is InChI=1S/C10H16F3N3O3/c11-10(12,13)7-14-9(19)16-3-1-2-15(4-5-16)6-8(17)18/h1-7H2,(H,14,19)(H,17,18). The maximum atomic E-state index is 12.0. The first-order valence-electron chi connectivity index (χ1n) is 5.81. The van der Waals surface area contributed by atoms with Crippen LogP contribution in [0.2, 0.25) is 0 Å². The van der Waals surface area contributed by atoms with Gasteiger partial charge in [-0.1, -0.05) is 0 Å². The average Bonchev–Trinajstić information content (AvgIpc) is 2.50. The predicted octanol–water partition coefficient (Wildman–Crippen LogP) is 0.351. The maximum absolute atomic E-state index is 12.0. The minimum atomic E-state index is -4.43. The third kappa shape index (κ3) is 6.27. The summed E-state index contributed by atoms with van der Waals surface area (Å²) in [4.78, 5) is 25.0. The minimum Gasteiger partial charge on any atom is -0.480 e. The van der Waals surface area contributed by atoms with E-state index < -0.39 is 24.7 Å². The van der Waals surface area contributed by atoms with Gasteiger partial charge in [0.2, 0.25) is 0 Å². The molecule has 0 aliphatic carbocycles. The highest BCUT2D eigenvalue weighted by atomic mass is 19.4. The molecule has 2 N–H and O–H groups in total. The maximum Gasteiger partial charge on any atom is 0.405 e. The smallest absolute Gasteiger partial charge is 0.405 e. The highest BCUT2D eigenvalue weighted by Crippen LogP contribution is 2.12. The molecule has 110 valence electrons. The number of urea groups is 1. The van der Waals surface area contributed by atoms with Crippen molar-refractivity contribution in [2.24, 2.45) is 0 Å². The van der Waals surface area contributed by atoms with Crippen molar-refractivity contribution < 1.29 is 27.9 Å². The summed E-state index contributed by atoms with van der Waals surface area (Å²) in [6.45, 7) is -0.100. The van der Waals surface area contributed by atoms with E-state index in [0.717, 1.165) is 0 Å². The SMILES string of the molecule is O=C(O)CN1CCCN(C(=O)NCC(F)(F)F)CC1. The van der Waals surface area contributed by atoms with Crippen LogP contribution in [-0.4, -0.2) is 72.4 Å². The van der Waals surface area contributed by atoms with Crippen molar-refractivity contribution in [3.63, 3.8) is 0 Å². The van der Waals surface area contributed by atoms with Crippen LogP contribution in [0, 0.1) is 0 Å². The van der Waals surface area contributed by atoms with Gasteiger partial charge in [0.25, 0.3) is 0 Å². The van der Waals surface area contributed by atoms with Crippen LogP contribution in [0.5, 0.6) is 0 Å². The third-order valence-electron chi connectivity index (χ3n) is 2.67. The van der Waals surface area contributed by atoms with Crippen LogP contribution < -0.4 is 5.32 Å². The van der Waals surface area contributed by atoms with Gasteiger partial charge < -0.3 is 15.3 Å². The molecule has 0 bridgehead atoms. The molecule has 0 aromatic carbocycles. The van der Waals surface area contributed by atoms with E-state index in [1.807, 2.05) is 0 Å². The number of alkyl halides is 3. The quantitative estimate of drug-likeness (QED) is 0.784. The van der Waals surface area contributed by atoms with Crippen LogP contribution in [0.25, 0.3) is 0 Å². The number of carboxylic acid groups (broad SMARTS) is 1. The summed E-state index contributed by atoms with van der Waals surface area (Å²) in [5.41, 5.74) is 0. The molecule has 1 rings (SSSR count). The lowest BCUT2D eigenvalue weighted by Crippen LogP contribution is -2.45. The molecule has 9 heteroatoms. The summed E-state index contributed by atoms with van der Waals surface area (Å²) in [6.07, 6.45) is -3.90. The number of hydrogen-bond acceptors (Lipinski definition) is 3. The van der Waals surface area contributed by atoms with Crippen molar-refractivity contribution in [1.29, 1.82) is 0 Å². The highest BCUT2D eigenvalue weighted by Gasteiger charge is 2.29. The Balaban J connectivity index is 2.39. The molecular weight excluding hydrogens is 267 g/mol. The van der Waals surface area contributed by atoms with Gasteiger partial charge in [0.05, 0.1) is 6.54 Å². The van der Waals surface area contributed by atoms with Gasteiger partial charge in [-0.3, -0.25) is 9.69 Å². The molecule has 6 nitrogen and oxygen atoms in total. The number of halogens is 3. The van der Waals surface area contributed by atoms with Gasteiger partial charge in [-0.15, -0.1) is 0 Å². The molecule has 1 saturated heterocycles. The fourth-order valence-electron chi connectivity index (χ4n) is 1.81. The summed E-state index contributed by atoms with van der Waals surface area (Å²) in [6, 6.07) is -0.769. The van der Waals surface area contributed by atoms with Crippen molar-refractivity contribution in [3.8, 4) is 0 Å². The van der Waals surface area contributed by atoms with Gasteiger partial charge in [-0.2, -0.15) is 13.2 Å². The minimum absolute atomic E-state index is 0.127. The molecule has 2 amide bonds. The van der Waals surface area contributed by atoms with E-state index in [-0.39, 0.29) is 13.1 Å². The summed E-state index contributed by atoms with van der Waals surface area (Å²) in [5, 5.41) is 10.4. The zero-order chi connectivity index (χ0) is 14.5. The Morgan fingerprint density at radius 1 is 1.16 bits per heavy atom. The number of nitrogens with one attached hydrogen (secondary N) is 1. The fraction of sp³-hybridized carbons (Fsp3) is 0.800. The van der Waals surface area contributed by atoms with E-state index in [0.29, 0.717) is 26.1 Å².